The molecule has 0 saturated carbocycles. The van der Waals surface area contributed by atoms with Crippen molar-refractivity contribution in [1.82, 2.24) is 5.32 Å². The highest BCUT2D eigenvalue weighted by Crippen LogP contribution is 2.15. The van der Waals surface area contributed by atoms with E-state index in [1.54, 1.807) is 0 Å². The molecule has 1 amide bonds. The van der Waals surface area contributed by atoms with Crippen molar-refractivity contribution < 1.29 is 4.79 Å². The first kappa shape index (κ1) is 14.6. The normalized spacial score (nSPS) is 11.9. The summed E-state index contributed by atoms with van der Waals surface area (Å²) in [6.07, 6.45) is 0.382. The number of carbonyl (C=O) groups excluding carboxylic acids is 1. The van der Waals surface area contributed by atoms with Crippen LogP contribution < -0.4 is 11.1 Å². The van der Waals surface area contributed by atoms with Gasteiger partial charge in [0.05, 0.1) is 12.5 Å². The molecule has 104 valence electrons. The summed E-state index contributed by atoms with van der Waals surface area (Å²) in [5.41, 5.74) is 8.42. The zero-order valence-corrected chi connectivity index (χ0v) is 12.9. The van der Waals surface area contributed by atoms with Gasteiger partial charge < -0.3 is 11.1 Å². The van der Waals surface area contributed by atoms with Crippen molar-refractivity contribution in [3.8, 4) is 0 Å². The van der Waals surface area contributed by atoms with Crippen LogP contribution in [0.1, 0.15) is 24.1 Å². The number of hydrogen-bond donors (Lipinski definition) is 2. The molecule has 0 heterocycles. The number of nitrogens with one attached hydrogen (secondary N) is 1. The van der Waals surface area contributed by atoms with E-state index in [0.717, 1.165) is 21.3 Å². The molecule has 0 aliphatic heterocycles. The zero-order chi connectivity index (χ0) is 14.5. The molecule has 2 aromatic carbocycles. The lowest BCUT2D eigenvalue weighted by atomic mass is 10.1. The second kappa shape index (κ2) is 6.57. The summed E-state index contributed by atoms with van der Waals surface area (Å²) in [4.78, 5) is 12.0. The summed E-state index contributed by atoms with van der Waals surface area (Å²) in [6, 6.07) is 15.3. The Kier molecular flexibility index (Phi) is 4.79. The quantitative estimate of drug-likeness (QED) is 0.842. The Morgan fingerprint density at radius 1 is 1.15 bits per heavy atom. The fourth-order valence-electron chi connectivity index (χ4n) is 1.95. The molecule has 1 atom stereocenters. The van der Waals surface area contributed by atoms with E-state index >= 15 is 0 Å². The van der Waals surface area contributed by atoms with E-state index in [0.29, 0.717) is 6.42 Å². The molecule has 0 radical (unpaired) electrons. The van der Waals surface area contributed by atoms with Crippen LogP contribution in [0.15, 0.2) is 53.0 Å². The molecule has 0 fully saturated rings. The molecule has 2 aromatic rings. The average Bonchev–Trinajstić information content (AvgIpc) is 2.42. The van der Waals surface area contributed by atoms with Crippen molar-refractivity contribution in [2.24, 2.45) is 0 Å². The average molecular weight is 333 g/mol. The number of anilines is 1. The lowest BCUT2D eigenvalue weighted by molar-refractivity contribution is -0.121. The molecular formula is C16H17BrN2O. The van der Waals surface area contributed by atoms with Crippen molar-refractivity contribution in [3.63, 3.8) is 0 Å². The number of nitrogen functional groups attached to an aromatic ring is 1. The molecule has 3 N–H and O–H groups in total. The molecule has 0 aliphatic carbocycles. The number of rotatable bonds is 4. The second-order valence-electron chi connectivity index (χ2n) is 4.76. The first-order valence-electron chi connectivity index (χ1n) is 6.44. The topological polar surface area (TPSA) is 55.1 Å². The molecule has 3 nitrogen and oxygen atoms in total. The van der Waals surface area contributed by atoms with Crippen LogP contribution in [-0.4, -0.2) is 5.91 Å². The fourth-order valence-corrected chi connectivity index (χ4v) is 2.21. The third kappa shape index (κ3) is 4.10. The van der Waals surface area contributed by atoms with Gasteiger partial charge in [0, 0.05) is 10.2 Å². The fraction of sp³-hybridized carbons (Fsp3) is 0.188. The third-order valence-electron chi connectivity index (χ3n) is 3.09. The van der Waals surface area contributed by atoms with Gasteiger partial charge >= 0.3 is 0 Å². The van der Waals surface area contributed by atoms with E-state index < -0.39 is 0 Å². The van der Waals surface area contributed by atoms with Gasteiger partial charge in [-0.2, -0.15) is 0 Å². The summed E-state index contributed by atoms with van der Waals surface area (Å²) in [6.45, 7) is 1.96. The lowest BCUT2D eigenvalue weighted by Gasteiger charge is -2.14. The lowest BCUT2D eigenvalue weighted by Crippen LogP contribution is -2.28. The highest BCUT2D eigenvalue weighted by molar-refractivity contribution is 9.10. The van der Waals surface area contributed by atoms with Crippen LogP contribution in [0.2, 0.25) is 0 Å². The summed E-state index contributed by atoms with van der Waals surface area (Å²) in [5.74, 6) is 0.0108. The van der Waals surface area contributed by atoms with Gasteiger partial charge in [-0.05, 0) is 42.3 Å². The summed E-state index contributed by atoms with van der Waals surface area (Å²) in [5, 5.41) is 2.99. The van der Waals surface area contributed by atoms with Crippen LogP contribution in [0.5, 0.6) is 0 Å². The first-order chi connectivity index (χ1) is 9.54. The maximum Gasteiger partial charge on any atom is 0.224 e. The van der Waals surface area contributed by atoms with E-state index in [1.165, 1.54) is 0 Å². The van der Waals surface area contributed by atoms with E-state index in [-0.39, 0.29) is 11.9 Å². The minimum absolute atomic E-state index is 0.0108. The van der Waals surface area contributed by atoms with Crippen LogP contribution >= 0.6 is 15.9 Å². The number of amides is 1. The van der Waals surface area contributed by atoms with Crippen molar-refractivity contribution >= 4 is 27.5 Å². The minimum Gasteiger partial charge on any atom is -0.399 e. The van der Waals surface area contributed by atoms with E-state index in [1.807, 2.05) is 55.5 Å². The second-order valence-corrected chi connectivity index (χ2v) is 5.67. The molecule has 1 unspecified atom stereocenters. The van der Waals surface area contributed by atoms with Crippen molar-refractivity contribution in [1.29, 1.82) is 0 Å². The molecule has 0 aliphatic rings. The van der Waals surface area contributed by atoms with Gasteiger partial charge in [-0.3, -0.25) is 4.79 Å². The van der Waals surface area contributed by atoms with Gasteiger partial charge in [0.15, 0.2) is 0 Å². The molecular weight excluding hydrogens is 316 g/mol. The Morgan fingerprint density at radius 2 is 1.75 bits per heavy atom. The SMILES string of the molecule is CC(NC(=O)Cc1ccc(Br)cc1)c1ccc(N)cc1. The van der Waals surface area contributed by atoms with E-state index in [9.17, 15) is 4.79 Å². The zero-order valence-electron chi connectivity index (χ0n) is 11.3. The Labute approximate surface area is 127 Å². The molecule has 0 bridgehead atoms. The van der Waals surface area contributed by atoms with Gasteiger partial charge in [0.1, 0.15) is 0 Å². The van der Waals surface area contributed by atoms with Crippen LogP contribution in [0.25, 0.3) is 0 Å². The van der Waals surface area contributed by atoms with E-state index in [4.69, 9.17) is 5.73 Å². The monoisotopic (exact) mass is 332 g/mol. The first-order valence-corrected chi connectivity index (χ1v) is 7.23. The maximum atomic E-state index is 12.0. The highest BCUT2D eigenvalue weighted by Gasteiger charge is 2.09. The van der Waals surface area contributed by atoms with Crippen molar-refractivity contribution in [3.05, 3.63) is 64.1 Å². The van der Waals surface area contributed by atoms with Gasteiger partial charge in [-0.25, -0.2) is 0 Å². The summed E-state index contributed by atoms with van der Waals surface area (Å²) >= 11 is 3.38. The van der Waals surface area contributed by atoms with E-state index in [2.05, 4.69) is 21.2 Å². The molecule has 2 rings (SSSR count). The van der Waals surface area contributed by atoms with Crippen LogP contribution in [0.4, 0.5) is 5.69 Å². The minimum atomic E-state index is -0.0291. The molecule has 0 spiro atoms. The predicted octanol–water partition coefficient (Wildman–Crippen LogP) is 3.45. The Morgan fingerprint density at radius 3 is 2.35 bits per heavy atom. The number of halogens is 1. The van der Waals surface area contributed by atoms with Crippen LogP contribution in [0.3, 0.4) is 0 Å². The Balaban J connectivity index is 1.93. The van der Waals surface area contributed by atoms with Gasteiger partial charge in [-0.15, -0.1) is 0 Å². The summed E-state index contributed by atoms with van der Waals surface area (Å²) < 4.78 is 1.01. The molecule has 20 heavy (non-hydrogen) atoms. The Hall–Kier alpha value is -1.81. The predicted molar refractivity (Wildman–Crippen MR) is 85.3 cm³/mol. The van der Waals surface area contributed by atoms with Gasteiger partial charge in [0.2, 0.25) is 5.91 Å². The molecule has 0 aromatic heterocycles. The van der Waals surface area contributed by atoms with Gasteiger partial charge in [0.25, 0.3) is 0 Å². The number of benzene rings is 2. The third-order valence-corrected chi connectivity index (χ3v) is 3.62. The van der Waals surface area contributed by atoms with Crippen molar-refractivity contribution in [2.75, 3.05) is 5.73 Å². The van der Waals surface area contributed by atoms with Crippen LogP contribution in [-0.2, 0) is 11.2 Å². The molecule has 0 saturated heterocycles. The summed E-state index contributed by atoms with van der Waals surface area (Å²) in [7, 11) is 0. The maximum absolute atomic E-state index is 12.0. The van der Waals surface area contributed by atoms with Crippen molar-refractivity contribution in [2.45, 2.75) is 19.4 Å². The van der Waals surface area contributed by atoms with Gasteiger partial charge in [-0.1, -0.05) is 40.2 Å². The standard InChI is InChI=1S/C16H17BrN2O/c1-11(13-4-8-15(18)9-5-13)19-16(20)10-12-2-6-14(17)7-3-12/h2-9,11H,10,18H2,1H3,(H,19,20). The number of nitrogens with two attached hydrogens (primary N) is 1. The number of carbonyl (C=O) groups is 1. The largest absolute Gasteiger partial charge is 0.399 e. The number of hydrogen-bond acceptors (Lipinski definition) is 2. The molecule has 4 heteroatoms. The smallest absolute Gasteiger partial charge is 0.224 e. The highest BCUT2D eigenvalue weighted by atomic mass is 79.9. The Bertz CT molecular complexity index is 578. The van der Waals surface area contributed by atoms with Crippen LogP contribution in [0, 0.1) is 0 Å².